The van der Waals surface area contributed by atoms with Gasteiger partial charge in [0.05, 0.1) is 12.2 Å². The Bertz CT molecular complexity index is 1090. The normalized spacial score (nSPS) is 10.5. The number of nitrogen functional groups attached to an aromatic ring is 1. The Kier molecular flexibility index (Phi) is 6.43. The number of benzene rings is 2. The number of hydrogen-bond acceptors (Lipinski definition) is 5. The molecule has 3 aromatic rings. The van der Waals surface area contributed by atoms with Crippen LogP contribution in [0, 0.1) is 11.3 Å². The molecule has 6 nitrogen and oxygen atoms in total. The van der Waals surface area contributed by atoms with Crippen LogP contribution in [-0.4, -0.2) is 17.1 Å². The van der Waals surface area contributed by atoms with E-state index < -0.39 is 5.97 Å². The highest BCUT2D eigenvalue weighted by Crippen LogP contribution is 2.35. The highest BCUT2D eigenvalue weighted by atomic mass is 16.5. The number of nitrogens with two attached hydrogens (primary N) is 1. The third-order valence-corrected chi connectivity index (χ3v) is 4.82. The van der Waals surface area contributed by atoms with Gasteiger partial charge in [-0.1, -0.05) is 31.5 Å². The molecule has 0 aliphatic carbocycles. The summed E-state index contributed by atoms with van der Waals surface area (Å²) in [5.74, 6) is 0.830. The van der Waals surface area contributed by atoms with E-state index in [0.29, 0.717) is 40.4 Å². The zero-order valence-corrected chi connectivity index (χ0v) is 17.4. The van der Waals surface area contributed by atoms with E-state index in [0.717, 1.165) is 17.7 Å². The van der Waals surface area contributed by atoms with Crippen molar-refractivity contribution in [1.82, 2.24) is 4.57 Å². The molecule has 30 heavy (non-hydrogen) atoms. The maximum Gasteiger partial charge on any atom is 0.355 e. The van der Waals surface area contributed by atoms with Crippen LogP contribution in [0.2, 0.25) is 0 Å². The second kappa shape index (κ2) is 9.19. The molecule has 0 aliphatic rings. The molecule has 154 valence electrons. The van der Waals surface area contributed by atoms with E-state index in [4.69, 9.17) is 15.2 Å². The lowest BCUT2D eigenvalue weighted by molar-refractivity contribution is 0.0516. The van der Waals surface area contributed by atoms with E-state index in [1.54, 1.807) is 42.8 Å². The number of ether oxygens (including phenoxy) is 2. The summed E-state index contributed by atoms with van der Waals surface area (Å²) in [4.78, 5) is 12.7. The van der Waals surface area contributed by atoms with Crippen molar-refractivity contribution in [2.45, 2.75) is 26.7 Å². The number of carbonyl (C=O) groups excluding carboxylic acids is 1. The molecular weight excluding hydrogens is 378 g/mol. The molecule has 2 N–H and O–H groups in total. The molecule has 0 radical (unpaired) electrons. The first-order valence-corrected chi connectivity index (χ1v) is 9.92. The van der Waals surface area contributed by atoms with Crippen molar-refractivity contribution >= 4 is 11.7 Å². The number of rotatable bonds is 7. The molecule has 0 atom stereocenters. The monoisotopic (exact) mass is 403 g/mol. The van der Waals surface area contributed by atoms with Gasteiger partial charge in [0.1, 0.15) is 23.3 Å². The molecule has 0 spiro atoms. The zero-order valence-electron chi connectivity index (χ0n) is 17.4. The van der Waals surface area contributed by atoms with E-state index in [1.807, 2.05) is 31.2 Å². The van der Waals surface area contributed by atoms with Crippen LogP contribution in [0.1, 0.15) is 42.0 Å². The maximum atomic E-state index is 12.7. The molecule has 0 amide bonds. The number of aromatic nitrogens is 1. The molecule has 3 rings (SSSR count). The molecule has 1 heterocycles. The molecule has 1 aromatic heterocycles. The van der Waals surface area contributed by atoms with Crippen LogP contribution in [0.15, 0.2) is 48.5 Å². The molecule has 0 saturated heterocycles. The number of carbonyl (C=O) groups is 1. The van der Waals surface area contributed by atoms with Gasteiger partial charge in [-0.25, -0.2) is 4.79 Å². The van der Waals surface area contributed by atoms with Gasteiger partial charge in [0.2, 0.25) is 0 Å². The number of anilines is 1. The highest BCUT2D eigenvalue weighted by molar-refractivity contribution is 5.98. The number of esters is 1. The average Bonchev–Trinajstić information content (AvgIpc) is 3.01. The first-order chi connectivity index (χ1) is 14.5. The minimum atomic E-state index is -0.436. The predicted octanol–water partition coefficient (Wildman–Crippen LogP) is 5.07. The minimum Gasteiger partial charge on any atom is -0.461 e. The van der Waals surface area contributed by atoms with Gasteiger partial charge in [0.15, 0.2) is 0 Å². The Morgan fingerprint density at radius 2 is 1.87 bits per heavy atom. The summed E-state index contributed by atoms with van der Waals surface area (Å²) in [6.45, 7) is 4.07. The van der Waals surface area contributed by atoms with Gasteiger partial charge in [-0.05, 0) is 43.2 Å². The fourth-order valence-corrected chi connectivity index (χ4v) is 3.51. The van der Waals surface area contributed by atoms with Gasteiger partial charge >= 0.3 is 5.97 Å². The van der Waals surface area contributed by atoms with Crippen molar-refractivity contribution in [3.8, 4) is 28.7 Å². The van der Waals surface area contributed by atoms with Crippen LogP contribution >= 0.6 is 0 Å². The largest absolute Gasteiger partial charge is 0.461 e. The Morgan fingerprint density at radius 3 is 2.47 bits per heavy atom. The quantitative estimate of drug-likeness (QED) is 0.439. The lowest BCUT2D eigenvalue weighted by atomic mass is 9.99. The fourth-order valence-electron chi connectivity index (χ4n) is 3.51. The Hall–Kier alpha value is -3.72. The van der Waals surface area contributed by atoms with E-state index >= 15 is 0 Å². The molecule has 0 unspecified atom stereocenters. The van der Waals surface area contributed by atoms with Crippen LogP contribution in [0.3, 0.4) is 0 Å². The molecule has 0 saturated carbocycles. The molecule has 2 aromatic carbocycles. The molecular formula is C24H25N3O3. The summed E-state index contributed by atoms with van der Waals surface area (Å²) in [5, 5.41) is 9.86. The van der Waals surface area contributed by atoms with Crippen LogP contribution in [0.4, 0.5) is 5.69 Å². The van der Waals surface area contributed by atoms with Gasteiger partial charge < -0.3 is 19.8 Å². The predicted molar refractivity (Wildman–Crippen MR) is 116 cm³/mol. The summed E-state index contributed by atoms with van der Waals surface area (Å²) >= 11 is 0. The number of nitriles is 1. The van der Waals surface area contributed by atoms with Crippen molar-refractivity contribution in [2.24, 2.45) is 7.05 Å². The van der Waals surface area contributed by atoms with Crippen LogP contribution in [-0.2, 0) is 18.2 Å². The SMILES string of the molecule is CCCc1c(C#N)c(-c2ccc(Oc3cccc(N)c3)cc2)c(C(=O)OCC)n1C. The zero-order chi connectivity index (χ0) is 21.7. The fraction of sp³-hybridized carbons (Fsp3) is 0.250. The molecule has 6 heteroatoms. The van der Waals surface area contributed by atoms with E-state index in [1.165, 1.54) is 0 Å². The van der Waals surface area contributed by atoms with E-state index in [2.05, 4.69) is 6.07 Å². The summed E-state index contributed by atoms with van der Waals surface area (Å²) in [7, 11) is 1.80. The lowest BCUT2D eigenvalue weighted by Gasteiger charge is -2.10. The van der Waals surface area contributed by atoms with Crippen LogP contribution < -0.4 is 10.5 Å². The molecule has 0 fully saturated rings. The maximum absolute atomic E-state index is 12.7. The Labute approximate surface area is 176 Å². The third kappa shape index (κ3) is 4.15. The topological polar surface area (TPSA) is 90.3 Å². The van der Waals surface area contributed by atoms with Gasteiger partial charge in [-0.15, -0.1) is 0 Å². The summed E-state index contributed by atoms with van der Waals surface area (Å²) < 4.78 is 12.9. The second-order valence-corrected chi connectivity index (χ2v) is 6.89. The van der Waals surface area contributed by atoms with E-state index in [9.17, 15) is 10.1 Å². The van der Waals surface area contributed by atoms with Crippen LogP contribution in [0.25, 0.3) is 11.1 Å². The average molecular weight is 403 g/mol. The van der Waals surface area contributed by atoms with Crippen molar-refractivity contribution in [3.63, 3.8) is 0 Å². The first kappa shape index (κ1) is 21.0. The number of hydrogen-bond donors (Lipinski definition) is 1. The third-order valence-electron chi connectivity index (χ3n) is 4.82. The van der Waals surface area contributed by atoms with Gasteiger partial charge in [0.25, 0.3) is 0 Å². The van der Waals surface area contributed by atoms with Crippen molar-refractivity contribution in [2.75, 3.05) is 12.3 Å². The van der Waals surface area contributed by atoms with E-state index in [-0.39, 0.29) is 6.61 Å². The Balaban J connectivity index is 2.04. The number of nitrogens with zero attached hydrogens (tertiary/aromatic N) is 2. The summed E-state index contributed by atoms with van der Waals surface area (Å²) in [6.07, 6.45) is 1.56. The smallest absolute Gasteiger partial charge is 0.355 e. The summed E-state index contributed by atoms with van der Waals surface area (Å²) in [5.41, 5.74) is 9.50. The minimum absolute atomic E-state index is 0.265. The standard InChI is InChI=1S/C24H25N3O3/c1-4-7-21-20(15-25)22(23(27(21)3)24(28)29-5-2)16-10-12-18(13-11-16)30-19-9-6-8-17(26)14-19/h6,8-14H,4-5,7,26H2,1-3H3. The van der Waals surface area contributed by atoms with Gasteiger partial charge in [-0.3, -0.25) is 0 Å². The summed E-state index contributed by atoms with van der Waals surface area (Å²) in [6, 6.07) is 16.8. The van der Waals surface area contributed by atoms with Crippen molar-refractivity contribution < 1.29 is 14.3 Å². The molecule has 0 aliphatic heterocycles. The first-order valence-electron chi connectivity index (χ1n) is 9.92. The van der Waals surface area contributed by atoms with Crippen molar-refractivity contribution in [3.05, 3.63) is 65.5 Å². The Morgan fingerprint density at radius 1 is 1.13 bits per heavy atom. The van der Waals surface area contributed by atoms with Crippen LogP contribution in [0.5, 0.6) is 11.5 Å². The lowest BCUT2D eigenvalue weighted by Crippen LogP contribution is -2.12. The molecule has 0 bridgehead atoms. The second-order valence-electron chi connectivity index (χ2n) is 6.89. The highest BCUT2D eigenvalue weighted by Gasteiger charge is 2.27. The van der Waals surface area contributed by atoms with Crippen molar-refractivity contribution in [1.29, 1.82) is 5.26 Å². The van der Waals surface area contributed by atoms with Gasteiger partial charge in [0, 0.05) is 30.1 Å². The van der Waals surface area contributed by atoms with Gasteiger partial charge in [-0.2, -0.15) is 5.26 Å².